The fourth-order valence-electron chi connectivity index (χ4n) is 1.51. The first-order chi connectivity index (χ1) is 9.69. The number of carbonyl (C=O) groups is 2. The number of amides is 1. The molecule has 4 nitrogen and oxygen atoms in total. The van der Waals surface area contributed by atoms with Crippen molar-refractivity contribution in [2.75, 3.05) is 11.9 Å². The minimum atomic E-state index is -0.576. The molecular formula is C16H17NO3. The molecular weight excluding hydrogens is 254 g/mol. The van der Waals surface area contributed by atoms with Crippen LogP contribution in [0, 0.1) is 0 Å². The first kappa shape index (κ1) is 15.4. The van der Waals surface area contributed by atoms with Crippen LogP contribution in [0.5, 0.6) is 0 Å². The van der Waals surface area contributed by atoms with Gasteiger partial charge in [0.15, 0.2) is 0 Å². The van der Waals surface area contributed by atoms with Gasteiger partial charge < -0.3 is 4.74 Å². The monoisotopic (exact) mass is 271 g/mol. The first-order valence-electron chi connectivity index (χ1n) is 6.13. The summed E-state index contributed by atoms with van der Waals surface area (Å²) in [7, 11) is 0. The fourth-order valence-corrected chi connectivity index (χ4v) is 1.51. The van der Waals surface area contributed by atoms with Crippen LogP contribution in [0.15, 0.2) is 60.7 Å². The first-order valence-corrected chi connectivity index (χ1v) is 6.13. The molecule has 1 amide bonds. The average molecular weight is 271 g/mol. The van der Waals surface area contributed by atoms with Crippen molar-refractivity contribution in [1.82, 2.24) is 0 Å². The Bertz CT molecular complexity index is 544. The second-order valence-corrected chi connectivity index (χ2v) is 3.92. The van der Waals surface area contributed by atoms with E-state index in [1.165, 1.54) is 0 Å². The third-order valence-corrected chi connectivity index (χ3v) is 2.35. The molecule has 0 aliphatic carbocycles. The van der Waals surface area contributed by atoms with Crippen molar-refractivity contribution >= 4 is 18.1 Å². The van der Waals surface area contributed by atoms with E-state index in [1.54, 1.807) is 36.4 Å². The number of hydrogen-bond donors (Lipinski definition) is 1. The summed E-state index contributed by atoms with van der Waals surface area (Å²) in [5.74, 6) is 0. The molecule has 0 heterocycles. The zero-order valence-electron chi connectivity index (χ0n) is 11.3. The maximum absolute atomic E-state index is 11.6. The molecule has 0 aliphatic heterocycles. The lowest BCUT2D eigenvalue weighted by Crippen LogP contribution is -2.15. The largest absolute Gasteiger partial charge is 0.444 e. The van der Waals surface area contributed by atoms with Crippen LogP contribution in [0.2, 0.25) is 0 Å². The van der Waals surface area contributed by atoms with E-state index < -0.39 is 6.09 Å². The summed E-state index contributed by atoms with van der Waals surface area (Å²) in [6.45, 7) is 5.62. The summed E-state index contributed by atoms with van der Waals surface area (Å²) in [6, 6.07) is 6.59. The summed E-state index contributed by atoms with van der Waals surface area (Å²) in [6.07, 6.45) is 7.22. The number of benzene rings is 1. The Balaban J connectivity index is 2.56. The van der Waals surface area contributed by atoms with Crippen molar-refractivity contribution in [2.45, 2.75) is 6.92 Å². The maximum Gasteiger partial charge on any atom is 0.411 e. The highest BCUT2D eigenvalue weighted by Crippen LogP contribution is 2.09. The summed E-state index contributed by atoms with van der Waals surface area (Å²) in [4.78, 5) is 22.3. The zero-order valence-corrected chi connectivity index (χ0v) is 11.3. The molecule has 104 valence electrons. The third-order valence-electron chi connectivity index (χ3n) is 2.35. The molecule has 0 saturated heterocycles. The van der Waals surface area contributed by atoms with Crippen LogP contribution in [0.25, 0.3) is 0 Å². The van der Waals surface area contributed by atoms with Gasteiger partial charge in [-0.15, -0.1) is 0 Å². The molecule has 0 radical (unpaired) electrons. The van der Waals surface area contributed by atoms with Gasteiger partial charge in [-0.3, -0.25) is 10.1 Å². The number of ether oxygens (including phenoxy) is 1. The lowest BCUT2D eigenvalue weighted by molar-refractivity contribution is 0.112. The Morgan fingerprint density at radius 3 is 2.90 bits per heavy atom. The van der Waals surface area contributed by atoms with Crippen molar-refractivity contribution in [1.29, 1.82) is 0 Å². The van der Waals surface area contributed by atoms with Gasteiger partial charge in [0, 0.05) is 11.3 Å². The van der Waals surface area contributed by atoms with Gasteiger partial charge in [-0.2, -0.15) is 0 Å². The Labute approximate surface area is 118 Å². The average Bonchev–Trinajstić information content (AvgIpc) is 2.45. The van der Waals surface area contributed by atoms with Gasteiger partial charge in [0.05, 0.1) is 0 Å². The number of aldehydes is 1. The molecule has 1 aromatic carbocycles. The van der Waals surface area contributed by atoms with Gasteiger partial charge in [-0.25, -0.2) is 4.79 Å². The quantitative estimate of drug-likeness (QED) is 0.633. The second-order valence-electron chi connectivity index (χ2n) is 3.92. The smallest absolute Gasteiger partial charge is 0.411 e. The third kappa shape index (κ3) is 5.35. The van der Waals surface area contributed by atoms with Crippen molar-refractivity contribution < 1.29 is 14.3 Å². The molecule has 0 fully saturated rings. The Morgan fingerprint density at radius 2 is 2.25 bits per heavy atom. The van der Waals surface area contributed by atoms with E-state index in [2.05, 4.69) is 11.9 Å². The van der Waals surface area contributed by atoms with E-state index in [9.17, 15) is 9.59 Å². The Hall–Kier alpha value is -2.62. The zero-order chi connectivity index (χ0) is 14.8. The fraction of sp³-hybridized carbons (Fsp3) is 0.125. The van der Waals surface area contributed by atoms with E-state index in [0.29, 0.717) is 17.5 Å². The number of allylic oxidation sites excluding steroid dienone is 3. The van der Waals surface area contributed by atoms with Crippen LogP contribution < -0.4 is 5.32 Å². The molecule has 0 spiro atoms. The normalized spacial score (nSPS) is 11.2. The van der Waals surface area contributed by atoms with Crippen LogP contribution in [0.3, 0.4) is 0 Å². The molecule has 0 atom stereocenters. The molecule has 20 heavy (non-hydrogen) atoms. The standard InChI is InChI=1S/C16H17NO3/c1-3-6-13(7-4-2)12-20-16(19)17-15-9-5-8-14(10-15)11-18/h3-11H,1,12H2,2H3,(H,17,19)/b7-4-,13-6+. The lowest BCUT2D eigenvalue weighted by atomic mass is 10.2. The van der Waals surface area contributed by atoms with Crippen molar-refractivity contribution in [2.24, 2.45) is 0 Å². The Kier molecular flexibility index (Phi) is 6.54. The number of carbonyl (C=O) groups excluding carboxylic acids is 2. The molecule has 4 heteroatoms. The minimum Gasteiger partial charge on any atom is -0.444 e. The van der Waals surface area contributed by atoms with Gasteiger partial charge in [0.25, 0.3) is 0 Å². The lowest BCUT2D eigenvalue weighted by Gasteiger charge is -2.07. The number of hydrogen-bond acceptors (Lipinski definition) is 3. The van der Waals surface area contributed by atoms with Gasteiger partial charge in [0.1, 0.15) is 12.9 Å². The molecule has 0 saturated carbocycles. The van der Waals surface area contributed by atoms with E-state index in [4.69, 9.17) is 4.74 Å². The van der Waals surface area contributed by atoms with E-state index in [0.717, 1.165) is 5.57 Å². The molecule has 1 N–H and O–H groups in total. The van der Waals surface area contributed by atoms with Crippen molar-refractivity contribution in [3.8, 4) is 0 Å². The number of anilines is 1. The highest BCUT2D eigenvalue weighted by atomic mass is 16.5. The summed E-state index contributed by atoms with van der Waals surface area (Å²) >= 11 is 0. The van der Waals surface area contributed by atoms with Crippen LogP contribution in [0.1, 0.15) is 17.3 Å². The van der Waals surface area contributed by atoms with E-state index in [1.807, 2.05) is 19.1 Å². The van der Waals surface area contributed by atoms with E-state index in [-0.39, 0.29) is 6.61 Å². The minimum absolute atomic E-state index is 0.148. The Morgan fingerprint density at radius 1 is 1.45 bits per heavy atom. The predicted octanol–water partition coefficient (Wildman–Crippen LogP) is 3.74. The molecule has 0 aliphatic rings. The van der Waals surface area contributed by atoms with Gasteiger partial charge in [-0.1, -0.05) is 43.0 Å². The van der Waals surface area contributed by atoms with Gasteiger partial charge >= 0.3 is 6.09 Å². The summed E-state index contributed by atoms with van der Waals surface area (Å²) < 4.78 is 5.08. The van der Waals surface area contributed by atoms with Crippen LogP contribution in [-0.2, 0) is 4.74 Å². The molecule has 0 unspecified atom stereocenters. The predicted molar refractivity (Wildman–Crippen MR) is 79.9 cm³/mol. The second kappa shape index (κ2) is 8.48. The molecule has 1 rings (SSSR count). The highest BCUT2D eigenvalue weighted by Gasteiger charge is 2.04. The highest BCUT2D eigenvalue weighted by molar-refractivity contribution is 5.86. The van der Waals surface area contributed by atoms with Gasteiger partial charge in [0.2, 0.25) is 0 Å². The SMILES string of the molecule is C=C/C=C(\C=C/C)COC(=O)Nc1cccc(C=O)c1. The van der Waals surface area contributed by atoms with Crippen LogP contribution >= 0.6 is 0 Å². The van der Waals surface area contributed by atoms with Crippen molar-refractivity contribution in [3.05, 3.63) is 66.3 Å². The summed E-state index contributed by atoms with van der Waals surface area (Å²) in [5.41, 5.74) is 1.84. The number of rotatable bonds is 6. The van der Waals surface area contributed by atoms with E-state index >= 15 is 0 Å². The van der Waals surface area contributed by atoms with Crippen LogP contribution in [-0.4, -0.2) is 19.0 Å². The van der Waals surface area contributed by atoms with Crippen LogP contribution in [0.4, 0.5) is 10.5 Å². The number of nitrogens with one attached hydrogen (secondary N) is 1. The van der Waals surface area contributed by atoms with Crippen molar-refractivity contribution in [3.63, 3.8) is 0 Å². The van der Waals surface area contributed by atoms with Gasteiger partial charge in [-0.05, 0) is 24.6 Å². The molecule has 0 bridgehead atoms. The molecule has 0 aromatic heterocycles. The summed E-state index contributed by atoms with van der Waals surface area (Å²) in [5, 5.41) is 2.56. The maximum atomic E-state index is 11.6. The topological polar surface area (TPSA) is 55.4 Å². The molecule has 1 aromatic rings.